The standard InChI is InChI=1S/C16H19N3O4S/c1-10-3-5-13(7-14(10)16(20)21)24(22,23)18-12-4-6-15-17-11(2)8-19(15)9-12/h3,5,7-8,12,18H,4,6,9H2,1-2H3,(H,20,21)/t12-/m0/s1. The Bertz CT molecular complexity index is 902. The zero-order chi connectivity index (χ0) is 17.5. The van der Waals surface area contributed by atoms with Crippen molar-refractivity contribution in [2.75, 3.05) is 0 Å². The van der Waals surface area contributed by atoms with Crippen LogP contribution in [0.5, 0.6) is 0 Å². The zero-order valence-corrected chi connectivity index (χ0v) is 14.3. The lowest BCUT2D eigenvalue weighted by atomic mass is 10.1. The highest BCUT2D eigenvalue weighted by Crippen LogP contribution is 2.19. The molecule has 7 nitrogen and oxygen atoms in total. The van der Waals surface area contributed by atoms with E-state index in [0.717, 1.165) is 11.5 Å². The molecule has 0 spiro atoms. The number of aromatic nitrogens is 2. The maximum atomic E-state index is 12.6. The van der Waals surface area contributed by atoms with E-state index in [1.165, 1.54) is 18.2 Å². The van der Waals surface area contributed by atoms with Crippen LogP contribution < -0.4 is 4.72 Å². The van der Waals surface area contributed by atoms with Crippen molar-refractivity contribution in [3.63, 3.8) is 0 Å². The third-order valence-electron chi connectivity index (χ3n) is 4.18. The Morgan fingerprint density at radius 3 is 2.83 bits per heavy atom. The van der Waals surface area contributed by atoms with Gasteiger partial charge in [0.05, 0.1) is 16.2 Å². The fraction of sp³-hybridized carbons (Fsp3) is 0.375. The van der Waals surface area contributed by atoms with Crippen LogP contribution in [0.25, 0.3) is 0 Å². The van der Waals surface area contributed by atoms with Crippen LogP contribution >= 0.6 is 0 Å². The minimum atomic E-state index is -3.78. The van der Waals surface area contributed by atoms with E-state index in [1.807, 2.05) is 17.7 Å². The molecule has 1 aliphatic heterocycles. The molecule has 0 saturated heterocycles. The number of benzene rings is 1. The van der Waals surface area contributed by atoms with Gasteiger partial charge >= 0.3 is 5.97 Å². The summed E-state index contributed by atoms with van der Waals surface area (Å²) >= 11 is 0. The molecule has 2 N–H and O–H groups in total. The molecule has 0 unspecified atom stereocenters. The summed E-state index contributed by atoms with van der Waals surface area (Å²) in [6.07, 6.45) is 3.27. The first-order valence-corrected chi connectivity index (χ1v) is 9.13. The number of imidazole rings is 1. The van der Waals surface area contributed by atoms with Crippen molar-refractivity contribution in [2.24, 2.45) is 0 Å². The molecule has 0 bridgehead atoms. The van der Waals surface area contributed by atoms with Gasteiger partial charge in [-0.25, -0.2) is 22.9 Å². The fourth-order valence-electron chi connectivity index (χ4n) is 2.97. The SMILES string of the molecule is Cc1cn2c(n1)CC[C@H](NS(=O)(=O)c1ccc(C)c(C(=O)O)c1)C2. The average Bonchev–Trinajstić information content (AvgIpc) is 2.86. The Morgan fingerprint density at radius 2 is 2.12 bits per heavy atom. The van der Waals surface area contributed by atoms with Crippen LogP contribution in [0.15, 0.2) is 29.3 Å². The van der Waals surface area contributed by atoms with E-state index in [9.17, 15) is 13.2 Å². The Morgan fingerprint density at radius 1 is 1.38 bits per heavy atom. The second-order valence-corrected chi connectivity index (χ2v) is 7.80. The van der Waals surface area contributed by atoms with Crippen molar-refractivity contribution in [3.05, 3.63) is 47.0 Å². The molecule has 0 radical (unpaired) electrons. The van der Waals surface area contributed by atoms with Gasteiger partial charge in [-0.05, 0) is 38.0 Å². The van der Waals surface area contributed by atoms with Gasteiger partial charge in [0, 0.05) is 25.2 Å². The summed E-state index contributed by atoms with van der Waals surface area (Å²) in [6, 6.07) is 3.90. The maximum absolute atomic E-state index is 12.6. The quantitative estimate of drug-likeness (QED) is 0.871. The minimum absolute atomic E-state index is 0.00552. The lowest BCUT2D eigenvalue weighted by Crippen LogP contribution is -2.40. The predicted octanol–water partition coefficient (Wildman–Crippen LogP) is 1.49. The minimum Gasteiger partial charge on any atom is -0.478 e. The lowest BCUT2D eigenvalue weighted by Gasteiger charge is -2.24. The number of aryl methyl sites for hydroxylation is 3. The van der Waals surface area contributed by atoms with E-state index in [2.05, 4.69) is 9.71 Å². The third-order valence-corrected chi connectivity index (χ3v) is 5.70. The molecule has 128 valence electrons. The van der Waals surface area contributed by atoms with Crippen molar-refractivity contribution in [2.45, 2.75) is 44.2 Å². The molecule has 3 rings (SSSR count). The Hall–Kier alpha value is -2.19. The van der Waals surface area contributed by atoms with Crippen molar-refractivity contribution < 1.29 is 18.3 Å². The molecular weight excluding hydrogens is 330 g/mol. The van der Waals surface area contributed by atoms with E-state index in [4.69, 9.17) is 5.11 Å². The van der Waals surface area contributed by atoms with Gasteiger partial charge in [-0.2, -0.15) is 0 Å². The van der Waals surface area contributed by atoms with Crippen LogP contribution in [0.3, 0.4) is 0 Å². The molecule has 0 saturated carbocycles. The molecule has 8 heteroatoms. The highest BCUT2D eigenvalue weighted by atomic mass is 32.2. The molecule has 2 aromatic rings. The molecular formula is C16H19N3O4S. The monoisotopic (exact) mass is 349 g/mol. The summed E-state index contributed by atoms with van der Waals surface area (Å²) in [7, 11) is -3.78. The average molecular weight is 349 g/mol. The second kappa shape index (κ2) is 6.03. The van der Waals surface area contributed by atoms with Gasteiger partial charge < -0.3 is 9.67 Å². The number of hydrogen-bond donors (Lipinski definition) is 2. The number of hydrogen-bond acceptors (Lipinski definition) is 4. The highest BCUT2D eigenvalue weighted by Gasteiger charge is 2.26. The molecule has 1 aliphatic rings. The summed E-state index contributed by atoms with van der Waals surface area (Å²) in [5.74, 6) is -0.174. The number of sulfonamides is 1. The Kier molecular flexibility index (Phi) is 4.18. The number of rotatable bonds is 4. The largest absolute Gasteiger partial charge is 0.478 e. The van der Waals surface area contributed by atoms with Gasteiger partial charge in [-0.15, -0.1) is 0 Å². The molecule has 0 amide bonds. The number of carbonyl (C=O) groups is 1. The molecule has 0 fully saturated rings. The number of aromatic carboxylic acids is 1. The van der Waals surface area contributed by atoms with Crippen molar-refractivity contribution in [3.8, 4) is 0 Å². The van der Waals surface area contributed by atoms with Crippen LogP contribution in [0, 0.1) is 13.8 Å². The first-order valence-electron chi connectivity index (χ1n) is 7.65. The van der Waals surface area contributed by atoms with Crippen LogP contribution in [0.1, 0.15) is 33.9 Å². The predicted molar refractivity (Wildman–Crippen MR) is 87.5 cm³/mol. The van der Waals surface area contributed by atoms with Crippen LogP contribution in [-0.4, -0.2) is 35.1 Å². The second-order valence-electron chi connectivity index (χ2n) is 6.09. The van der Waals surface area contributed by atoms with Gasteiger partial charge in [0.25, 0.3) is 0 Å². The van der Waals surface area contributed by atoms with Gasteiger partial charge in [0.15, 0.2) is 0 Å². The topological polar surface area (TPSA) is 101 Å². The van der Waals surface area contributed by atoms with E-state index in [0.29, 0.717) is 24.9 Å². The summed E-state index contributed by atoms with van der Waals surface area (Å²) in [5.41, 5.74) is 1.44. The normalized spacial score (nSPS) is 17.5. The van der Waals surface area contributed by atoms with Crippen LogP contribution in [0.2, 0.25) is 0 Å². The Labute approximate surface area is 140 Å². The first-order chi connectivity index (χ1) is 11.3. The smallest absolute Gasteiger partial charge is 0.335 e. The fourth-order valence-corrected chi connectivity index (χ4v) is 4.26. The van der Waals surface area contributed by atoms with Gasteiger partial charge in [0.2, 0.25) is 10.0 Å². The number of fused-ring (bicyclic) bond motifs is 1. The summed E-state index contributed by atoms with van der Waals surface area (Å²) in [5, 5.41) is 9.16. The Balaban J connectivity index is 1.82. The van der Waals surface area contributed by atoms with E-state index in [1.54, 1.807) is 6.92 Å². The van der Waals surface area contributed by atoms with Gasteiger partial charge in [-0.1, -0.05) is 6.07 Å². The van der Waals surface area contributed by atoms with E-state index < -0.39 is 16.0 Å². The number of nitrogens with zero attached hydrogens (tertiary/aromatic N) is 2. The summed E-state index contributed by atoms with van der Waals surface area (Å²) < 4.78 is 29.8. The molecule has 0 aliphatic carbocycles. The van der Waals surface area contributed by atoms with Crippen LogP contribution in [-0.2, 0) is 23.0 Å². The third kappa shape index (κ3) is 3.20. The van der Waals surface area contributed by atoms with Crippen molar-refractivity contribution in [1.29, 1.82) is 0 Å². The highest BCUT2D eigenvalue weighted by molar-refractivity contribution is 7.89. The zero-order valence-electron chi connectivity index (χ0n) is 13.5. The first kappa shape index (κ1) is 16.7. The van der Waals surface area contributed by atoms with Gasteiger partial charge in [-0.3, -0.25) is 0 Å². The van der Waals surface area contributed by atoms with E-state index >= 15 is 0 Å². The molecule has 24 heavy (non-hydrogen) atoms. The number of carboxylic acids is 1. The number of carboxylic acid groups (broad SMARTS) is 1. The van der Waals surface area contributed by atoms with E-state index in [-0.39, 0.29) is 16.5 Å². The van der Waals surface area contributed by atoms with Gasteiger partial charge in [0.1, 0.15) is 5.82 Å². The number of nitrogens with one attached hydrogen (secondary N) is 1. The molecule has 1 aromatic carbocycles. The molecule has 2 heterocycles. The molecule has 1 aromatic heterocycles. The molecule has 1 atom stereocenters. The summed E-state index contributed by atoms with van der Waals surface area (Å²) in [4.78, 5) is 15.6. The van der Waals surface area contributed by atoms with Crippen molar-refractivity contribution in [1.82, 2.24) is 14.3 Å². The maximum Gasteiger partial charge on any atom is 0.335 e. The van der Waals surface area contributed by atoms with Crippen molar-refractivity contribution >= 4 is 16.0 Å². The lowest BCUT2D eigenvalue weighted by molar-refractivity contribution is 0.0696. The summed E-state index contributed by atoms with van der Waals surface area (Å²) in [6.45, 7) is 4.06. The van der Waals surface area contributed by atoms with Crippen LogP contribution in [0.4, 0.5) is 0 Å².